The lowest BCUT2D eigenvalue weighted by atomic mass is 9.76. The van der Waals surface area contributed by atoms with Crippen LogP contribution >= 0.6 is 23.2 Å². The van der Waals surface area contributed by atoms with Crippen molar-refractivity contribution in [2.75, 3.05) is 0 Å². The molecule has 0 spiro atoms. The van der Waals surface area contributed by atoms with E-state index in [0.29, 0.717) is 28.5 Å². The van der Waals surface area contributed by atoms with Crippen LogP contribution in [0, 0.1) is 0 Å². The molecule has 1 aliphatic rings. The van der Waals surface area contributed by atoms with Crippen LogP contribution in [0.2, 0.25) is 10.0 Å². The number of carbonyl (C=O) groups is 1. The van der Waals surface area contributed by atoms with E-state index in [-0.39, 0.29) is 5.78 Å². The second kappa shape index (κ2) is 4.36. The topological polar surface area (TPSA) is 43.1 Å². The summed E-state index contributed by atoms with van der Waals surface area (Å²) in [6.45, 7) is 0. The molecule has 1 aromatic rings. The molecule has 2 N–H and O–H groups in total. The van der Waals surface area contributed by atoms with Crippen molar-refractivity contribution in [1.82, 2.24) is 0 Å². The molecule has 2 rings (SSSR count). The van der Waals surface area contributed by atoms with E-state index in [1.165, 1.54) is 0 Å². The van der Waals surface area contributed by atoms with Gasteiger partial charge in [-0.15, -0.1) is 0 Å². The molecule has 1 saturated carbocycles. The standard InChI is InChI=1S/C12H13Cl2NO/c13-9-5-3-4-8(11(9)14)12(15)7-2-1-6-10(12)16/h3-5H,1-2,6-7,15H2. The monoisotopic (exact) mass is 257 g/mol. The van der Waals surface area contributed by atoms with Gasteiger partial charge in [0.15, 0.2) is 5.78 Å². The molecule has 0 aromatic heterocycles. The zero-order valence-electron chi connectivity index (χ0n) is 8.80. The molecule has 1 aromatic carbocycles. The van der Waals surface area contributed by atoms with Gasteiger partial charge in [0.2, 0.25) is 0 Å². The Morgan fingerprint density at radius 1 is 1.25 bits per heavy atom. The molecule has 0 heterocycles. The highest BCUT2D eigenvalue weighted by Gasteiger charge is 2.39. The average molecular weight is 258 g/mol. The molecule has 0 aliphatic heterocycles. The third kappa shape index (κ3) is 1.86. The number of hydrogen-bond donors (Lipinski definition) is 1. The number of rotatable bonds is 1. The molecule has 0 saturated heterocycles. The summed E-state index contributed by atoms with van der Waals surface area (Å²) in [6, 6.07) is 5.27. The number of carbonyl (C=O) groups excluding carboxylic acids is 1. The van der Waals surface area contributed by atoms with Crippen molar-refractivity contribution in [3.05, 3.63) is 33.8 Å². The third-order valence-electron chi connectivity index (χ3n) is 3.15. The average Bonchev–Trinajstić information content (AvgIpc) is 2.26. The zero-order valence-corrected chi connectivity index (χ0v) is 10.3. The summed E-state index contributed by atoms with van der Waals surface area (Å²) in [6.07, 6.45) is 3.03. The summed E-state index contributed by atoms with van der Waals surface area (Å²) in [4.78, 5) is 12.0. The van der Waals surface area contributed by atoms with Crippen LogP contribution in [0.3, 0.4) is 0 Å². The molecule has 0 bridgehead atoms. The van der Waals surface area contributed by atoms with Crippen LogP contribution in [0.5, 0.6) is 0 Å². The van der Waals surface area contributed by atoms with Gasteiger partial charge in [-0.1, -0.05) is 41.8 Å². The van der Waals surface area contributed by atoms with E-state index in [0.717, 1.165) is 12.8 Å². The summed E-state index contributed by atoms with van der Waals surface area (Å²) in [7, 11) is 0. The Morgan fingerprint density at radius 2 is 2.00 bits per heavy atom. The summed E-state index contributed by atoms with van der Waals surface area (Å²) in [5, 5.41) is 0.851. The highest BCUT2D eigenvalue weighted by atomic mass is 35.5. The molecule has 0 amide bonds. The number of ketones is 1. The van der Waals surface area contributed by atoms with Gasteiger partial charge in [0.05, 0.1) is 10.0 Å². The number of halogens is 2. The Kier molecular flexibility index (Phi) is 3.24. The number of Topliss-reactive ketones (excluding diaryl/α,β-unsaturated/α-hetero) is 1. The van der Waals surface area contributed by atoms with Crippen molar-refractivity contribution in [3.8, 4) is 0 Å². The van der Waals surface area contributed by atoms with Crippen molar-refractivity contribution in [2.24, 2.45) is 5.73 Å². The van der Waals surface area contributed by atoms with Crippen LogP contribution in [0.25, 0.3) is 0 Å². The number of benzene rings is 1. The van der Waals surface area contributed by atoms with Gasteiger partial charge in [-0.25, -0.2) is 0 Å². The molecule has 1 aliphatic carbocycles. The van der Waals surface area contributed by atoms with E-state index < -0.39 is 5.54 Å². The van der Waals surface area contributed by atoms with Gasteiger partial charge in [-0.05, 0) is 24.5 Å². The second-order valence-corrected chi connectivity index (χ2v) is 4.99. The van der Waals surface area contributed by atoms with Gasteiger partial charge in [0.25, 0.3) is 0 Å². The minimum absolute atomic E-state index is 0.0583. The van der Waals surface area contributed by atoms with E-state index in [1.54, 1.807) is 18.2 Å². The predicted molar refractivity (Wildman–Crippen MR) is 65.8 cm³/mol. The maximum Gasteiger partial charge on any atom is 0.157 e. The maximum absolute atomic E-state index is 12.0. The van der Waals surface area contributed by atoms with E-state index in [9.17, 15) is 4.79 Å². The summed E-state index contributed by atoms with van der Waals surface area (Å²) >= 11 is 12.1. The van der Waals surface area contributed by atoms with Crippen molar-refractivity contribution >= 4 is 29.0 Å². The first kappa shape index (κ1) is 11.9. The van der Waals surface area contributed by atoms with Crippen molar-refractivity contribution in [2.45, 2.75) is 31.2 Å². The Hall–Kier alpha value is -0.570. The van der Waals surface area contributed by atoms with E-state index in [4.69, 9.17) is 28.9 Å². The van der Waals surface area contributed by atoms with E-state index in [2.05, 4.69) is 0 Å². The molecule has 1 unspecified atom stereocenters. The van der Waals surface area contributed by atoms with Crippen molar-refractivity contribution in [1.29, 1.82) is 0 Å². The van der Waals surface area contributed by atoms with Crippen LogP contribution < -0.4 is 5.73 Å². The van der Waals surface area contributed by atoms with Gasteiger partial charge in [0.1, 0.15) is 5.54 Å². The van der Waals surface area contributed by atoms with Crippen LogP contribution in [0.4, 0.5) is 0 Å². The predicted octanol–water partition coefficient (Wildman–Crippen LogP) is 3.29. The Morgan fingerprint density at radius 3 is 2.69 bits per heavy atom. The van der Waals surface area contributed by atoms with Crippen LogP contribution in [0.15, 0.2) is 18.2 Å². The maximum atomic E-state index is 12.0. The lowest BCUT2D eigenvalue weighted by Crippen LogP contribution is -2.47. The van der Waals surface area contributed by atoms with Gasteiger partial charge in [-0.2, -0.15) is 0 Å². The molecular weight excluding hydrogens is 245 g/mol. The minimum atomic E-state index is -0.944. The molecule has 2 nitrogen and oxygen atoms in total. The first-order valence-electron chi connectivity index (χ1n) is 5.32. The van der Waals surface area contributed by atoms with Gasteiger partial charge < -0.3 is 5.73 Å². The number of hydrogen-bond acceptors (Lipinski definition) is 2. The second-order valence-electron chi connectivity index (χ2n) is 4.20. The van der Waals surface area contributed by atoms with Crippen LogP contribution in [-0.4, -0.2) is 5.78 Å². The lowest BCUT2D eigenvalue weighted by Gasteiger charge is -2.33. The van der Waals surface area contributed by atoms with Crippen molar-refractivity contribution in [3.63, 3.8) is 0 Å². The Bertz CT molecular complexity index is 433. The Labute approximate surface area is 105 Å². The smallest absolute Gasteiger partial charge is 0.157 e. The highest BCUT2D eigenvalue weighted by molar-refractivity contribution is 6.42. The SMILES string of the molecule is NC1(c2cccc(Cl)c2Cl)CCCCC1=O. The largest absolute Gasteiger partial charge is 0.315 e. The lowest BCUT2D eigenvalue weighted by molar-refractivity contribution is -0.126. The quantitative estimate of drug-likeness (QED) is 0.839. The fourth-order valence-corrected chi connectivity index (χ4v) is 2.65. The fourth-order valence-electron chi connectivity index (χ4n) is 2.19. The first-order valence-corrected chi connectivity index (χ1v) is 6.08. The molecule has 1 fully saturated rings. The van der Waals surface area contributed by atoms with Crippen LogP contribution in [0.1, 0.15) is 31.2 Å². The van der Waals surface area contributed by atoms with E-state index >= 15 is 0 Å². The molecule has 1 atom stereocenters. The van der Waals surface area contributed by atoms with Gasteiger partial charge in [0, 0.05) is 6.42 Å². The van der Waals surface area contributed by atoms with E-state index in [1.807, 2.05) is 0 Å². The molecule has 16 heavy (non-hydrogen) atoms. The fraction of sp³-hybridized carbons (Fsp3) is 0.417. The molecule has 4 heteroatoms. The summed E-state index contributed by atoms with van der Waals surface area (Å²) in [5.74, 6) is 0.0583. The highest BCUT2D eigenvalue weighted by Crippen LogP contribution is 2.38. The summed E-state index contributed by atoms with van der Waals surface area (Å²) < 4.78 is 0. The van der Waals surface area contributed by atoms with Crippen molar-refractivity contribution < 1.29 is 4.79 Å². The molecule has 0 radical (unpaired) electrons. The minimum Gasteiger partial charge on any atom is -0.315 e. The third-order valence-corrected chi connectivity index (χ3v) is 3.97. The normalized spacial score (nSPS) is 25.8. The van der Waals surface area contributed by atoms with Crippen LogP contribution in [-0.2, 0) is 10.3 Å². The molecule has 86 valence electrons. The Balaban J connectivity index is 2.49. The summed E-state index contributed by atoms with van der Waals surface area (Å²) in [5.41, 5.74) is 5.92. The van der Waals surface area contributed by atoms with Gasteiger partial charge in [-0.3, -0.25) is 4.79 Å². The zero-order chi connectivity index (χ0) is 11.8. The molecular formula is C12H13Cl2NO. The number of nitrogens with two attached hydrogens (primary N) is 1. The van der Waals surface area contributed by atoms with Gasteiger partial charge >= 0.3 is 0 Å². The first-order chi connectivity index (χ1) is 7.55.